The van der Waals surface area contributed by atoms with Gasteiger partial charge in [-0.05, 0) is 61.4 Å². The number of nitrogens with one attached hydrogen (secondary N) is 1. The molecule has 138 valence electrons. The van der Waals surface area contributed by atoms with E-state index < -0.39 is 0 Å². The second-order valence-electron chi connectivity index (χ2n) is 6.04. The van der Waals surface area contributed by atoms with Crippen molar-refractivity contribution >= 4 is 28.1 Å². The number of carbonyl (C=O) groups is 1. The number of hydrazone groups is 1. The Kier molecular flexibility index (Phi) is 6.08. The molecule has 27 heavy (non-hydrogen) atoms. The number of hydrogen-bond acceptors (Lipinski definition) is 4. The van der Waals surface area contributed by atoms with E-state index in [4.69, 9.17) is 9.15 Å². The smallest absolute Gasteiger partial charge is 0.277 e. The molecule has 0 atom stereocenters. The highest BCUT2D eigenvalue weighted by molar-refractivity contribution is 9.10. The lowest BCUT2D eigenvalue weighted by molar-refractivity contribution is -0.123. The maximum atomic E-state index is 11.8. The molecule has 1 heterocycles. The van der Waals surface area contributed by atoms with Crippen LogP contribution in [0, 0.1) is 13.8 Å². The Balaban J connectivity index is 1.51. The lowest BCUT2D eigenvalue weighted by atomic mass is 10.1. The number of aryl methyl sites for hydroxylation is 2. The van der Waals surface area contributed by atoms with Crippen LogP contribution >= 0.6 is 15.9 Å². The number of ether oxygens (including phenoxy) is 1. The summed E-state index contributed by atoms with van der Waals surface area (Å²) >= 11 is 3.44. The summed E-state index contributed by atoms with van der Waals surface area (Å²) in [5, 5.41) is 3.90. The Labute approximate surface area is 166 Å². The van der Waals surface area contributed by atoms with E-state index in [9.17, 15) is 4.79 Å². The van der Waals surface area contributed by atoms with Crippen LogP contribution in [0.15, 0.2) is 68.6 Å². The van der Waals surface area contributed by atoms with Crippen molar-refractivity contribution in [3.8, 4) is 17.1 Å². The average molecular weight is 427 g/mol. The summed E-state index contributed by atoms with van der Waals surface area (Å²) in [4.78, 5) is 11.8. The fourth-order valence-corrected chi connectivity index (χ4v) is 2.77. The van der Waals surface area contributed by atoms with E-state index in [0.717, 1.165) is 21.4 Å². The molecule has 3 rings (SSSR count). The third-order valence-electron chi connectivity index (χ3n) is 3.97. The van der Waals surface area contributed by atoms with Gasteiger partial charge in [0.15, 0.2) is 6.61 Å². The third kappa shape index (κ3) is 5.31. The van der Waals surface area contributed by atoms with Gasteiger partial charge in [-0.25, -0.2) is 5.43 Å². The van der Waals surface area contributed by atoms with Crippen LogP contribution in [-0.2, 0) is 4.79 Å². The van der Waals surface area contributed by atoms with Crippen LogP contribution in [0.2, 0.25) is 0 Å². The lowest BCUT2D eigenvalue weighted by Gasteiger charge is -2.07. The highest BCUT2D eigenvalue weighted by Gasteiger charge is 2.05. The summed E-state index contributed by atoms with van der Waals surface area (Å²) in [5.74, 6) is 1.58. The Bertz CT molecular complexity index is 979. The molecule has 0 radical (unpaired) electrons. The molecule has 3 aromatic rings. The monoisotopic (exact) mass is 426 g/mol. The molecule has 6 heteroatoms. The van der Waals surface area contributed by atoms with Crippen LogP contribution in [0.25, 0.3) is 11.3 Å². The van der Waals surface area contributed by atoms with Gasteiger partial charge >= 0.3 is 0 Å². The van der Waals surface area contributed by atoms with E-state index in [1.807, 2.05) is 62.4 Å². The molecule has 1 N–H and O–H groups in total. The molecular weight excluding hydrogens is 408 g/mol. The number of hydrogen-bond donors (Lipinski definition) is 1. The normalized spacial score (nSPS) is 10.9. The van der Waals surface area contributed by atoms with Gasteiger partial charge in [0.1, 0.15) is 17.3 Å². The van der Waals surface area contributed by atoms with E-state index in [1.54, 1.807) is 6.07 Å². The molecule has 0 unspecified atom stereocenters. The third-order valence-corrected chi connectivity index (χ3v) is 4.46. The van der Waals surface area contributed by atoms with E-state index >= 15 is 0 Å². The van der Waals surface area contributed by atoms with Crippen molar-refractivity contribution in [1.82, 2.24) is 5.43 Å². The predicted octanol–water partition coefficient (Wildman–Crippen LogP) is 4.86. The van der Waals surface area contributed by atoms with Crippen molar-refractivity contribution in [2.45, 2.75) is 13.8 Å². The van der Waals surface area contributed by atoms with Gasteiger partial charge in [-0.1, -0.05) is 34.1 Å². The van der Waals surface area contributed by atoms with E-state index in [0.29, 0.717) is 11.5 Å². The first-order valence-corrected chi connectivity index (χ1v) is 9.18. The highest BCUT2D eigenvalue weighted by atomic mass is 79.9. The van der Waals surface area contributed by atoms with Crippen LogP contribution in [0.5, 0.6) is 5.75 Å². The van der Waals surface area contributed by atoms with Gasteiger partial charge in [0, 0.05) is 10.0 Å². The van der Waals surface area contributed by atoms with Crippen LogP contribution in [0.3, 0.4) is 0 Å². The van der Waals surface area contributed by atoms with Crippen molar-refractivity contribution in [3.63, 3.8) is 0 Å². The first-order chi connectivity index (χ1) is 13.0. The van der Waals surface area contributed by atoms with Gasteiger partial charge < -0.3 is 9.15 Å². The number of nitrogens with zero attached hydrogens (tertiary/aromatic N) is 1. The van der Waals surface area contributed by atoms with Crippen molar-refractivity contribution in [2.75, 3.05) is 6.61 Å². The Morgan fingerprint density at radius 2 is 2.00 bits per heavy atom. The minimum Gasteiger partial charge on any atom is -0.484 e. The van der Waals surface area contributed by atoms with E-state index in [2.05, 4.69) is 26.5 Å². The van der Waals surface area contributed by atoms with Crippen LogP contribution in [0.4, 0.5) is 0 Å². The van der Waals surface area contributed by atoms with Gasteiger partial charge in [-0.2, -0.15) is 5.10 Å². The fourth-order valence-electron chi connectivity index (χ4n) is 2.37. The molecule has 1 amide bonds. The molecule has 5 nitrogen and oxygen atoms in total. The van der Waals surface area contributed by atoms with Gasteiger partial charge in [-0.3, -0.25) is 4.79 Å². The zero-order valence-electron chi connectivity index (χ0n) is 15.0. The maximum Gasteiger partial charge on any atom is 0.277 e. The van der Waals surface area contributed by atoms with Gasteiger partial charge in [-0.15, -0.1) is 0 Å². The average Bonchev–Trinajstić information content (AvgIpc) is 3.12. The Hall–Kier alpha value is -2.86. The zero-order valence-corrected chi connectivity index (χ0v) is 16.6. The topological polar surface area (TPSA) is 63.8 Å². The predicted molar refractivity (Wildman–Crippen MR) is 109 cm³/mol. The van der Waals surface area contributed by atoms with Crippen molar-refractivity contribution in [3.05, 3.63) is 76.0 Å². The van der Waals surface area contributed by atoms with Crippen molar-refractivity contribution < 1.29 is 13.9 Å². The number of rotatable bonds is 6. The van der Waals surface area contributed by atoms with Gasteiger partial charge in [0.2, 0.25) is 0 Å². The molecule has 0 aliphatic carbocycles. The summed E-state index contributed by atoms with van der Waals surface area (Å²) in [6.45, 7) is 3.91. The van der Waals surface area contributed by atoms with Gasteiger partial charge in [0.05, 0.1) is 6.21 Å². The zero-order chi connectivity index (χ0) is 19.2. The second-order valence-corrected chi connectivity index (χ2v) is 6.96. The standard InChI is InChI=1S/C21H19BrN2O3/c1-14-6-7-18(10-15(14)2)26-13-21(25)24-23-12-19-8-9-20(27-19)16-4-3-5-17(22)11-16/h3-12H,13H2,1-2H3,(H,24,25)/b23-12+. The molecule has 0 spiro atoms. The summed E-state index contributed by atoms with van der Waals surface area (Å²) in [7, 11) is 0. The molecular formula is C21H19BrN2O3. The van der Waals surface area contributed by atoms with Crippen LogP contribution in [0.1, 0.15) is 16.9 Å². The highest BCUT2D eigenvalue weighted by Crippen LogP contribution is 2.24. The van der Waals surface area contributed by atoms with E-state index in [1.165, 1.54) is 11.8 Å². The largest absolute Gasteiger partial charge is 0.484 e. The first kappa shape index (κ1) is 18.9. The number of carbonyl (C=O) groups excluding carboxylic acids is 1. The van der Waals surface area contributed by atoms with E-state index in [-0.39, 0.29) is 12.5 Å². The maximum absolute atomic E-state index is 11.8. The summed E-state index contributed by atoms with van der Waals surface area (Å²) in [5.41, 5.74) is 5.67. The minimum absolute atomic E-state index is 0.110. The number of halogens is 1. The molecule has 0 aliphatic rings. The van der Waals surface area contributed by atoms with Gasteiger partial charge in [0.25, 0.3) is 5.91 Å². The molecule has 0 fully saturated rings. The lowest BCUT2D eigenvalue weighted by Crippen LogP contribution is -2.24. The Morgan fingerprint density at radius 1 is 1.15 bits per heavy atom. The molecule has 0 bridgehead atoms. The van der Waals surface area contributed by atoms with Crippen LogP contribution in [-0.4, -0.2) is 18.7 Å². The number of benzene rings is 2. The molecule has 0 saturated heterocycles. The quantitative estimate of drug-likeness (QED) is 0.452. The second kappa shape index (κ2) is 8.68. The summed E-state index contributed by atoms with van der Waals surface area (Å²) in [6, 6.07) is 17.1. The summed E-state index contributed by atoms with van der Waals surface area (Å²) < 4.78 is 12.1. The number of amides is 1. The Morgan fingerprint density at radius 3 is 2.78 bits per heavy atom. The molecule has 0 aliphatic heterocycles. The van der Waals surface area contributed by atoms with Crippen LogP contribution < -0.4 is 10.2 Å². The minimum atomic E-state index is -0.344. The summed E-state index contributed by atoms with van der Waals surface area (Å²) in [6.07, 6.45) is 1.45. The van der Waals surface area contributed by atoms with Crippen molar-refractivity contribution in [1.29, 1.82) is 0 Å². The number of furan rings is 1. The SMILES string of the molecule is Cc1ccc(OCC(=O)N/N=C/c2ccc(-c3cccc(Br)c3)o2)cc1C. The fraction of sp³-hybridized carbons (Fsp3) is 0.143. The van der Waals surface area contributed by atoms with Crippen molar-refractivity contribution in [2.24, 2.45) is 5.10 Å². The molecule has 0 saturated carbocycles. The molecule has 1 aromatic heterocycles. The first-order valence-electron chi connectivity index (χ1n) is 8.39. The molecule has 2 aromatic carbocycles.